The van der Waals surface area contributed by atoms with Crippen LogP contribution in [0, 0.1) is 0 Å². The molecule has 1 atom stereocenters. The van der Waals surface area contributed by atoms with Crippen molar-refractivity contribution >= 4 is 34.5 Å². The molecule has 20 heavy (non-hydrogen) atoms. The molecule has 2 aromatic rings. The molecule has 0 aliphatic carbocycles. The first-order valence-corrected chi connectivity index (χ1v) is 8.27. The standard InChI is InChI=1S/C15H16Cl2N2S/c16-12-3-1-2-11(10-12)15(13-4-5-14(17)20-13)19-8-6-18-7-9-19/h1-5,10,15,18H,6-9H2. The van der Waals surface area contributed by atoms with Crippen molar-refractivity contribution in [2.75, 3.05) is 26.2 Å². The number of hydrogen-bond acceptors (Lipinski definition) is 3. The maximum Gasteiger partial charge on any atom is 0.0931 e. The molecular weight excluding hydrogens is 311 g/mol. The zero-order valence-electron chi connectivity index (χ0n) is 11.0. The van der Waals surface area contributed by atoms with Crippen molar-refractivity contribution in [3.63, 3.8) is 0 Å². The molecule has 1 saturated heterocycles. The van der Waals surface area contributed by atoms with Gasteiger partial charge in [-0.25, -0.2) is 0 Å². The van der Waals surface area contributed by atoms with Crippen LogP contribution in [0.15, 0.2) is 36.4 Å². The van der Waals surface area contributed by atoms with Crippen molar-refractivity contribution in [1.82, 2.24) is 10.2 Å². The van der Waals surface area contributed by atoms with Crippen LogP contribution in [0.2, 0.25) is 9.36 Å². The molecule has 5 heteroatoms. The molecular formula is C15H16Cl2N2S. The molecule has 2 nitrogen and oxygen atoms in total. The van der Waals surface area contributed by atoms with Gasteiger partial charge >= 0.3 is 0 Å². The van der Waals surface area contributed by atoms with Crippen LogP contribution in [0.4, 0.5) is 0 Å². The Bertz CT molecular complexity index is 579. The Morgan fingerprint density at radius 3 is 2.55 bits per heavy atom. The first-order chi connectivity index (χ1) is 9.74. The van der Waals surface area contributed by atoms with Gasteiger partial charge < -0.3 is 5.32 Å². The van der Waals surface area contributed by atoms with E-state index in [2.05, 4.69) is 28.4 Å². The molecule has 0 amide bonds. The number of nitrogens with zero attached hydrogens (tertiary/aromatic N) is 1. The smallest absolute Gasteiger partial charge is 0.0931 e. The third-order valence-electron chi connectivity index (χ3n) is 3.54. The average Bonchev–Trinajstić information content (AvgIpc) is 2.87. The summed E-state index contributed by atoms with van der Waals surface area (Å²) in [5.74, 6) is 0. The first-order valence-electron chi connectivity index (χ1n) is 6.69. The van der Waals surface area contributed by atoms with Gasteiger partial charge in [0.15, 0.2) is 0 Å². The van der Waals surface area contributed by atoms with Gasteiger partial charge in [0, 0.05) is 36.1 Å². The highest BCUT2D eigenvalue weighted by atomic mass is 35.5. The lowest BCUT2D eigenvalue weighted by Gasteiger charge is -2.34. The van der Waals surface area contributed by atoms with Gasteiger partial charge in [-0.3, -0.25) is 4.90 Å². The Kier molecular flexibility index (Phi) is 4.64. The first kappa shape index (κ1) is 14.4. The van der Waals surface area contributed by atoms with E-state index in [1.807, 2.05) is 18.2 Å². The Morgan fingerprint density at radius 1 is 1.10 bits per heavy atom. The van der Waals surface area contributed by atoms with Crippen molar-refractivity contribution in [2.45, 2.75) is 6.04 Å². The minimum atomic E-state index is 0.244. The van der Waals surface area contributed by atoms with E-state index in [0.717, 1.165) is 35.5 Å². The molecule has 1 aliphatic rings. The maximum atomic E-state index is 6.17. The number of benzene rings is 1. The van der Waals surface area contributed by atoms with Gasteiger partial charge in [-0.05, 0) is 29.8 Å². The van der Waals surface area contributed by atoms with Crippen molar-refractivity contribution in [1.29, 1.82) is 0 Å². The summed E-state index contributed by atoms with van der Waals surface area (Å²) in [7, 11) is 0. The number of piperazine rings is 1. The van der Waals surface area contributed by atoms with Gasteiger partial charge in [-0.2, -0.15) is 0 Å². The monoisotopic (exact) mass is 326 g/mol. The van der Waals surface area contributed by atoms with Gasteiger partial charge in [-0.1, -0.05) is 35.3 Å². The molecule has 1 aliphatic heterocycles. The number of thiophene rings is 1. The SMILES string of the molecule is Clc1cccc(C(c2ccc(Cl)s2)N2CCNCC2)c1. The van der Waals surface area contributed by atoms with E-state index in [1.54, 1.807) is 11.3 Å². The molecule has 0 radical (unpaired) electrons. The minimum absolute atomic E-state index is 0.244. The Balaban J connectivity index is 1.98. The van der Waals surface area contributed by atoms with Crippen molar-refractivity contribution < 1.29 is 0 Å². The Labute approximate surface area is 133 Å². The number of rotatable bonds is 3. The predicted molar refractivity (Wildman–Crippen MR) is 87.1 cm³/mol. The van der Waals surface area contributed by atoms with Crippen LogP contribution >= 0.6 is 34.5 Å². The van der Waals surface area contributed by atoms with E-state index < -0.39 is 0 Å². The molecule has 0 saturated carbocycles. The van der Waals surface area contributed by atoms with Gasteiger partial charge in [0.1, 0.15) is 0 Å². The van der Waals surface area contributed by atoms with E-state index in [0.29, 0.717) is 0 Å². The molecule has 1 unspecified atom stereocenters. The third kappa shape index (κ3) is 3.18. The molecule has 3 rings (SSSR count). The molecule has 2 heterocycles. The summed E-state index contributed by atoms with van der Waals surface area (Å²) >= 11 is 13.9. The van der Waals surface area contributed by atoms with E-state index in [1.165, 1.54) is 10.4 Å². The fraction of sp³-hybridized carbons (Fsp3) is 0.333. The van der Waals surface area contributed by atoms with Crippen LogP contribution in [-0.4, -0.2) is 31.1 Å². The highest BCUT2D eigenvalue weighted by Crippen LogP contribution is 2.36. The summed E-state index contributed by atoms with van der Waals surface area (Å²) in [5, 5.41) is 4.18. The fourth-order valence-corrected chi connectivity index (χ4v) is 4.07. The third-order valence-corrected chi connectivity index (χ3v) is 5.06. The van der Waals surface area contributed by atoms with Gasteiger partial charge in [0.2, 0.25) is 0 Å². The van der Waals surface area contributed by atoms with Crippen LogP contribution in [0.5, 0.6) is 0 Å². The maximum absolute atomic E-state index is 6.17. The lowest BCUT2D eigenvalue weighted by Crippen LogP contribution is -2.45. The van der Waals surface area contributed by atoms with E-state index in [4.69, 9.17) is 23.2 Å². The van der Waals surface area contributed by atoms with Crippen LogP contribution < -0.4 is 5.32 Å². The number of nitrogens with one attached hydrogen (secondary N) is 1. The molecule has 0 spiro atoms. The molecule has 0 bridgehead atoms. The predicted octanol–water partition coefficient (Wildman–Crippen LogP) is 4.05. The van der Waals surface area contributed by atoms with Crippen LogP contribution in [0.3, 0.4) is 0 Å². The molecule has 1 aromatic heterocycles. The zero-order chi connectivity index (χ0) is 13.9. The summed E-state index contributed by atoms with van der Waals surface area (Å²) in [6, 6.07) is 12.5. The normalized spacial score (nSPS) is 18.1. The van der Waals surface area contributed by atoms with Crippen molar-refractivity contribution in [3.8, 4) is 0 Å². The minimum Gasteiger partial charge on any atom is -0.314 e. The van der Waals surface area contributed by atoms with Crippen LogP contribution in [-0.2, 0) is 0 Å². The summed E-state index contributed by atoms with van der Waals surface area (Å²) in [6.45, 7) is 4.12. The summed E-state index contributed by atoms with van der Waals surface area (Å²) in [4.78, 5) is 3.77. The summed E-state index contributed by atoms with van der Waals surface area (Å²) in [5.41, 5.74) is 1.23. The molecule has 106 valence electrons. The quantitative estimate of drug-likeness (QED) is 0.915. The second-order valence-corrected chi connectivity index (χ2v) is 7.07. The van der Waals surface area contributed by atoms with Gasteiger partial charge in [0.05, 0.1) is 10.4 Å². The largest absolute Gasteiger partial charge is 0.314 e. The number of hydrogen-bond donors (Lipinski definition) is 1. The van der Waals surface area contributed by atoms with Crippen molar-refractivity contribution in [3.05, 3.63) is 56.2 Å². The van der Waals surface area contributed by atoms with E-state index in [9.17, 15) is 0 Å². The highest BCUT2D eigenvalue weighted by Gasteiger charge is 2.25. The second kappa shape index (κ2) is 6.46. The summed E-state index contributed by atoms with van der Waals surface area (Å²) < 4.78 is 0.835. The zero-order valence-corrected chi connectivity index (χ0v) is 13.3. The molecule has 1 N–H and O–H groups in total. The number of halogens is 2. The lowest BCUT2D eigenvalue weighted by molar-refractivity contribution is 0.200. The Hall–Kier alpha value is -0.580. The van der Waals surface area contributed by atoms with E-state index in [-0.39, 0.29) is 6.04 Å². The van der Waals surface area contributed by atoms with Crippen LogP contribution in [0.25, 0.3) is 0 Å². The highest BCUT2D eigenvalue weighted by molar-refractivity contribution is 7.16. The van der Waals surface area contributed by atoms with Crippen molar-refractivity contribution in [2.24, 2.45) is 0 Å². The fourth-order valence-electron chi connectivity index (χ4n) is 2.65. The average molecular weight is 327 g/mol. The van der Waals surface area contributed by atoms with E-state index >= 15 is 0 Å². The summed E-state index contributed by atoms with van der Waals surface area (Å²) in [6.07, 6.45) is 0. The second-order valence-electron chi connectivity index (χ2n) is 4.89. The van der Waals surface area contributed by atoms with Gasteiger partial charge in [0.25, 0.3) is 0 Å². The molecule has 1 aromatic carbocycles. The topological polar surface area (TPSA) is 15.3 Å². The van der Waals surface area contributed by atoms with Crippen LogP contribution in [0.1, 0.15) is 16.5 Å². The Morgan fingerprint density at radius 2 is 1.90 bits per heavy atom. The lowest BCUT2D eigenvalue weighted by atomic mass is 10.0. The van der Waals surface area contributed by atoms with Gasteiger partial charge in [-0.15, -0.1) is 11.3 Å². The molecule has 1 fully saturated rings.